The van der Waals surface area contributed by atoms with E-state index in [1.807, 2.05) is 42.1 Å². The molecule has 1 saturated heterocycles. The molecular weight excluding hydrogens is 522 g/mol. The number of rotatable bonds is 11. The number of fused-ring (bicyclic) bond motifs is 1. The number of hydrogen-bond acceptors (Lipinski definition) is 9. The first-order valence-electron chi connectivity index (χ1n) is 13.0. The van der Waals surface area contributed by atoms with Crippen molar-refractivity contribution in [2.75, 3.05) is 49.7 Å². The van der Waals surface area contributed by atoms with Gasteiger partial charge in [0.1, 0.15) is 6.04 Å². The Balaban J connectivity index is 1.56. The van der Waals surface area contributed by atoms with Gasteiger partial charge >= 0.3 is 0 Å². The zero-order valence-electron chi connectivity index (χ0n) is 22.2. The van der Waals surface area contributed by atoms with E-state index in [1.165, 1.54) is 0 Å². The van der Waals surface area contributed by atoms with Crippen LogP contribution >= 0.6 is 11.7 Å². The molecule has 10 nitrogen and oxygen atoms in total. The van der Waals surface area contributed by atoms with E-state index in [1.54, 1.807) is 18.2 Å². The molecule has 1 atom stereocenters. The SMILES string of the molecule is CCC1CCN(C(=O)C(CCCNc2nsnc2N)NS(=O)(=O)c2cccc3c(N(C)C)cccc23)CC1. The fourth-order valence-corrected chi connectivity index (χ4v) is 6.89. The van der Waals surface area contributed by atoms with Crippen LogP contribution in [0.2, 0.25) is 0 Å². The number of aromatic nitrogens is 2. The summed E-state index contributed by atoms with van der Waals surface area (Å²) < 4.78 is 38.3. The molecule has 1 fully saturated rings. The fraction of sp³-hybridized carbons (Fsp3) is 0.500. The number of benzene rings is 2. The minimum atomic E-state index is -3.99. The minimum absolute atomic E-state index is 0.167. The average Bonchev–Trinajstić information content (AvgIpc) is 3.33. The lowest BCUT2D eigenvalue weighted by atomic mass is 9.94. The number of piperidine rings is 1. The molecule has 206 valence electrons. The van der Waals surface area contributed by atoms with Gasteiger partial charge in [-0.25, -0.2) is 8.42 Å². The summed E-state index contributed by atoms with van der Waals surface area (Å²) in [6.45, 7) is 3.95. The van der Waals surface area contributed by atoms with Gasteiger partial charge in [-0.1, -0.05) is 37.6 Å². The lowest BCUT2D eigenvalue weighted by molar-refractivity contribution is -0.134. The molecule has 2 aromatic carbocycles. The number of nitrogens with zero attached hydrogens (tertiary/aromatic N) is 4. The van der Waals surface area contributed by atoms with Crippen molar-refractivity contribution in [3.8, 4) is 0 Å². The first kappa shape index (κ1) is 28.1. The summed E-state index contributed by atoms with van der Waals surface area (Å²) in [4.78, 5) is 17.5. The first-order valence-corrected chi connectivity index (χ1v) is 15.2. The monoisotopic (exact) mass is 559 g/mol. The summed E-state index contributed by atoms with van der Waals surface area (Å²) in [6, 6.07) is 9.98. The Kier molecular flexibility index (Phi) is 9.06. The van der Waals surface area contributed by atoms with E-state index in [0.717, 1.165) is 42.1 Å². The molecule has 0 saturated carbocycles. The van der Waals surface area contributed by atoms with E-state index in [0.29, 0.717) is 55.4 Å². The highest BCUT2D eigenvalue weighted by Gasteiger charge is 2.32. The van der Waals surface area contributed by atoms with Crippen LogP contribution in [0.3, 0.4) is 0 Å². The van der Waals surface area contributed by atoms with Gasteiger partial charge in [0, 0.05) is 50.2 Å². The first-order chi connectivity index (χ1) is 18.2. The number of likely N-dealkylation sites (tertiary alicyclic amines) is 1. The van der Waals surface area contributed by atoms with E-state index in [-0.39, 0.29) is 10.8 Å². The van der Waals surface area contributed by atoms with Crippen LogP contribution in [0.1, 0.15) is 39.0 Å². The third kappa shape index (κ3) is 6.36. The number of nitrogen functional groups attached to an aromatic ring is 1. The van der Waals surface area contributed by atoms with E-state index >= 15 is 0 Å². The molecule has 1 aromatic heterocycles. The normalized spacial score (nSPS) is 15.5. The summed E-state index contributed by atoms with van der Waals surface area (Å²) in [5.41, 5.74) is 6.72. The Morgan fingerprint density at radius 1 is 1.16 bits per heavy atom. The Morgan fingerprint density at radius 2 is 1.87 bits per heavy atom. The fourth-order valence-electron chi connectivity index (χ4n) is 4.99. The van der Waals surface area contributed by atoms with Gasteiger partial charge in [-0.15, -0.1) is 0 Å². The number of amides is 1. The topological polar surface area (TPSA) is 134 Å². The number of carbonyl (C=O) groups is 1. The molecular formula is C26H37N7O3S2. The molecule has 1 unspecified atom stereocenters. The number of nitrogens with two attached hydrogens (primary N) is 1. The van der Waals surface area contributed by atoms with Crippen molar-refractivity contribution >= 4 is 55.8 Å². The van der Waals surface area contributed by atoms with E-state index < -0.39 is 16.1 Å². The van der Waals surface area contributed by atoms with Gasteiger partial charge in [0.25, 0.3) is 0 Å². The predicted octanol–water partition coefficient (Wildman–Crippen LogP) is 3.53. The average molecular weight is 560 g/mol. The summed E-state index contributed by atoms with van der Waals surface area (Å²) in [5, 5.41) is 4.58. The number of anilines is 3. The van der Waals surface area contributed by atoms with Crippen molar-refractivity contribution in [3.63, 3.8) is 0 Å². The van der Waals surface area contributed by atoms with Gasteiger partial charge in [-0.3, -0.25) is 4.79 Å². The lowest BCUT2D eigenvalue weighted by Crippen LogP contribution is -2.50. The predicted molar refractivity (Wildman–Crippen MR) is 154 cm³/mol. The van der Waals surface area contributed by atoms with Gasteiger partial charge in [0.05, 0.1) is 16.6 Å². The highest BCUT2D eigenvalue weighted by molar-refractivity contribution is 7.89. The van der Waals surface area contributed by atoms with Gasteiger partial charge in [0.15, 0.2) is 11.6 Å². The van der Waals surface area contributed by atoms with Crippen LogP contribution in [0.15, 0.2) is 41.3 Å². The van der Waals surface area contributed by atoms with Crippen LogP contribution in [-0.4, -0.2) is 67.7 Å². The van der Waals surface area contributed by atoms with E-state index in [4.69, 9.17) is 5.73 Å². The highest BCUT2D eigenvalue weighted by atomic mass is 32.2. The lowest BCUT2D eigenvalue weighted by Gasteiger charge is -2.34. The van der Waals surface area contributed by atoms with Crippen molar-refractivity contribution < 1.29 is 13.2 Å². The van der Waals surface area contributed by atoms with Gasteiger partial charge in [-0.2, -0.15) is 13.5 Å². The summed E-state index contributed by atoms with van der Waals surface area (Å²) in [6.07, 6.45) is 3.85. The summed E-state index contributed by atoms with van der Waals surface area (Å²) in [5.74, 6) is 1.27. The second-order valence-corrected chi connectivity index (χ2v) is 12.2. The van der Waals surface area contributed by atoms with Crippen molar-refractivity contribution in [3.05, 3.63) is 36.4 Å². The third-order valence-electron chi connectivity index (χ3n) is 7.21. The highest BCUT2D eigenvalue weighted by Crippen LogP contribution is 2.30. The van der Waals surface area contributed by atoms with Crippen LogP contribution in [0.4, 0.5) is 17.3 Å². The molecule has 0 aliphatic carbocycles. The Morgan fingerprint density at radius 3 is 2.53 bits per heavy atom. The Labute approximate surface area is 229 Å². The quantitative estimate of drug-likeness (QED) is 0.304. The number of nitrogens with one attached hydrogen (secondary N) is 2. The second-order valence-electron chi connectivity index (χ2n) is 9.94. The standard InChI is InChI=1S/C26H37N7O3S2/c1-4-18-13-16-33(17-14-18)26(34)21(10-7-15-28-25-24(27)29-37-30-25)31-38(35,36)23-12-6-8-19-20(23)9-5-11-22(19)32(2)3/h5-6,8-9,11-12,18,21,31H,4,7,10,13-17H2,1-3H3,(H2,27,29)(H,28,30). The molecule has 4 N–H and O–H groups in total. The molecule has 12 heteroatoms. The molecule has 3 aromatic rings. The Hall–Kier alpha value is -2.96. The van der Waals surface area contributed by atoms with Crippen LogP contribution in [0.25, 0.3) is 10.8 Å². The zero-order valence-corrected chi connectivity index (χ0v) is 23.8. The zero-order chi connectivity index (χ0) is 27.3. The molecule has 4 rings (SSSR count). The summed E-state index contributed by atoms with van der Waals surface area (Å²) >= 11 is 1.02. The smallest absolute Gasteiger partial charge is 0.241 e. The number of sulfonamides is 1. The van der Waals surface area contributed by atoms with Crippen molar-refractivity contribution in [1.29, 1.82) is 0 Å². The van der Waals surface area contributed by atoms with Crippen molar-refractivity contribution in [1.82, 2.24) is 18.4 Å². The van der Waals surface area contributed by atoms with Crippen LogP contribution in [0.5, 0.6) is 0 Å². The van der Waals surface area contributed by atoms with Gasteiger partial charge in [0.2, 0.25) is 15.9 Å². The molecule has 2 heterocycles. The molecule has 1 aliphatic rings. The van der Waals surface area contributed by atoms with E-state index in [2.05, 4.69) is 25.7 Å². The van der Waals surface area contributed by atoms with Crippen LogP contribution < -0.4 is 20.7 Å². The third-order valence-corrected chi connectivity index (χ3v) is 9.28. The van der Waals surface area contributed by atoms with Crippen LogP contribution in [-0.2, 0) is 14.8 Å². The number of hydrogen-bond donors (Lipinski definition) is 3. The van der Waals surface area contributed by atoms with E-state index in [9.17, 15) is 13.2 Å². The Bertz CT molecular complexity index is 1350. The molecule has 0 radical (unpaired) electrons. The largest absolute Gasteiger partial charge is 0.380 e. The summed E-state index contributed by atoms with van der Waals surface area (Å²) in [7, 11) is -0.143. The second kappa shape index (κ2) is 12.3. The maximum Gasteiger partial charge on any atom is 0.241 e. The molecule has 0 spiro atoms. The van der Waals surface area contributed by atoms with Gasteiger partial charge < -0.3 is 20.9 Å². The van der Waals surface area contributed by atoms with Gasteiger partial charge in [-0.05, 0) is 43.7 Å². The molecule has 1 aliphatic heterocycles. The maximum absolute atomic E-state index is 13.7. The molecule has 1 amide bonds. The van der Waals surface area contributed by atoms with Crippen molar-refractivity contribution in [2.45, 2.75) is 50.0 Å². The maximum atomic E-state index is 13.7. The minimum Gasteiger partial charge on any atom is -0.380 e. The number of carbonyl (C=O) groups excluding carboxylic acids is 1. The van der Waals surface area contributed by atoms with Crippen molar-refractivity contribution in [2.24, 2.45) is 5.92 Å². The molecule has 38 heavy (non-hydrogen) atoms. The van der Waals surface area contributed by atoms with Crippen LogP contribution in [0, 0.1) is 5.92 Å². The molecule has 0 bridgehead atoms.